The first-order chi connectivity index (χ1) is 14.2. The lowest BCUT2D eigenvalue weighted by atomic mass is 9.83. The highest BCUT2D eigenvalue weighted by Gasteiger charge is 2.35. The van der Waals surface area contributed by atoms with Gasteiger partial charge in [0.25, 0.3) is 5.56 Å². The van der Waals surface area contributed by atoms with Crippen LogP contribution in [-0.2, 0) is 19.6 Å². The Labute approximate surface area is 177 Å². The highest BCUT2D eigenvalue weighted by atomic mass is 32.2. The van der Waals surface area contributed by atoms with Gasteiger partial charge in [-0.15, -0.1) is 11.8 Å². The first-order valence-corrected chi connectivity index (χ1v) is 12.2. The zero-order chi connectivity index (χ0) is 19.8. The molecule has 3 aliphatic rings. The number of benzene rings is 1. The minimum Gasteiger partial charge on any atom is -0.312 e. The zero-order valence-corrected chi connectivity index (χ0v) is 18.2. The van der Waals surface area contributed by atoms with E-state index in [0.717, 1.165) is 51.4 Å². The highest BCUT2D eigenvalue weighted by Crippen LogP contribution is 2.36. The summed E-state index contributed by atoms with van der Waals surface area (Å²) in [6, 6.07) is 13.3. The number of rotatable bonds is 5. The first-order valence-electron chi connectivity index (χ1n) is 11.0. The van der Waals surface area contributed by atoms with Crippen LogP contribution < -0.4 is 5.56 Å². The van der Waals surface area contributed by atoms with Gasteiger partial charge in [0.1, 0.15) is 0 Å². The van der Waals surface area contributed by atoms with Crippen molar-refractivity contribution in [3.8, 4) is 0 Å². The fourth-order valence-corrected chi connectivity index (χ4v) is 6.03. The van der Waals surface area contributed by atoms with Crippen LogP contribution in [0.15, 0.2) is 46.1 Å². The summed E-state index contributed by atoms with van der Waals surface area (Å²) in [6.07, 6.45) is 5.90. The monoisotopic (exact) mass is 409 g/mol. The van der Waals surface area contributed by atoms with E-state index < -0.39 is 0 Å². The van der Waals surface area contributed by atoms with Crippen LogP contribution in [-0.4, -0.2) is 46.8 Å². The molecular formula is C24H31N3OS. The normalized spacial score (nSPS) is 24.6. The van der Waals surface area contributed by atoms with Crippen molar-refractivity contribution < 1.29 is 0 Å². The topological polar surface area (TPSA) is 28.5 Å². The Morgan fingerprint density at radius 1 is 1.00 bits per heavy atom. The van der Waals surface area contributed by atoms with Gasteiger partial charge in [-0.05, 0) is 68.3 Å². The molecule has 0 N–H and O–H groups in total. The molecule has 4 nitrogen and oxygen atoms in total. The van der Waals surface area contributed by atoms with Gasteiger partial charge in [0.05, 0.1) is 0 Å². The summed E-state index contributed by atoms with van der Waals surface area (Å²) >= 11 is 1.81. The van der Waals surface area contributed by atoms with E-state index >= 15 is 0 Å². The Balaban J connectivity index is 1.33. The second-order valence-corrected chi connectivity index (χ2v) is 9.91. The van der Waals surface area contributed by atoms with Crippen LogP contribution >= 0.6 is 11.8 Å². The molecule has 3 aliphatic heterocycles. The van der Waals surface area contributed by atoms with Crippen LogP contribution in [0.4, 0.5) is 0 Å². The van der Waals surface area contributed by atoms with Crippen molar-refractivity contribution in [1.82, 2.24) is 14.4 Å². The Morgan fingerprint density at radius 2 is 1.86 bits per heavy atom. The summed E-state index contributed by atoms with van der Waals surface area (Å²) in [4.78, 5) is 19.6. The van der Waals surface area contributed by atoms with Crippen LogP contribution in [0, 0.1) is 5.92 Å². The van der Waals surface area contributed by atoms with Crippen molar-refractivity contribution in [2.45, 2.75) is 49.7 Å². The van der Waals surface area contributed by atoms with Gasteiger partial charge in [-0.25, -0.2) is 0 Å². The number of hydrogen-bond donors (Lipinski definition) is 0. The van der Waals surface area contributed by atoms with Crippen molar-refractivity contribution in [3.05, 3.63) is 63.6 Å². The highest BCUT2D eigenvalue weighted by molar-refractivity contribution is 7.98. The van der Waals surface area contributed by atoms with E-state index in [4.69, 9.17) is 0 Å². The van der Waals surface area contributed by atoms with Gasteiger partial charge < -0.3 is 4.57 Å². The minimum atomic E-state index is 0.269. The predicted octanol–water partition coefficient (Wildman–Crippen LogP) is 3.79. The third-order valence-corrected chi connectivity index (χ3v) is 7.62. The SMILES string of the molecule is CSc1cccc(CN2C[C@@H]3C[C@H](C2)c2ccc(CN4CCCC4)c(=O)n2C3)c1. The number of pyridine rings is 1. The maximum atomic E-state index is 13.2. The predicted molar refractivity (Wildman–Crippen MR) is 120 cm³/mol. The number of aromatic nitrogens is 1. The van der Waals surface area contributed by atoms with Crippen LogP contribution in [0.1, 0.15) is 42.0 Å². The molecular weight excluding hydrogens is 378 g/mol. The van der Waals surface area contributed by atoms with Gasteiger partial charge in [-0.2, -0.15) is 0 Å². The molecule has 5 heteroatoms. The van der Waals surface area contributed by atoms with Gasteiger partial charge in [-0.3, -0.25) is 14.6 Å². The lowest BCUT2D eigenvalue weighted by Crippen LogP contribution is -2.47. The molecule has 1 aromatic carbocycles. The third-order valence-electron chi connectivity index (χ3n) is 6.89. The van der Waals surface area contributed by atoms with Crippen molar-refractivity contribution in [2.75, 3.05) is 32.4 Å². The number of piperidine rings is 1. The fourth-order valence-electron chi connectivity index (χ4n) is 5.55. The summed E-state index contributed by atoms with van der Waals surface area (Å²) in [5, 5.41) is 0. The lowest BCUT2D eigenvalue weighted by molar-refractivity contribution is 0.114. The Morgan fingerprint density at radius 3 is 2.69 bits per heavy atom. The number of hydrogen-bond acceptors (Lipinski definition) is 4. The molecule has 2 bridgehead atoms. The van der Waals surface area contributed by atoms with E-state index in [1.165, 1.54) is 35.4 Å². The standard InChI is InChI=1S/C24H31N3OS/c1-29-22-6-4-5-18(12-22)13-26-14-19-11-21(17-26)23-8-7-20(24(28)27(23)15-19)16-25-9-2-3-10-25/h4-8,12,19,21H,2-3,9-11,13-17H2,1H3/t19-,21+/m0/s1. The Hall–Kier alpha value is -1.56. The van der Waals surface area contributed by atoms with Gasteiger partial charge in [0.15, 0.2) is 0 Å². The maximum absolute atomic E-state index is 13.2. The van der Waals surface area contributed by atoms with Crippen molar-refractivity contribution in [3.63, 3.8) is 0 Å². The Bertz CT molecular complexity index is 934. The summed E-state index contributed by atoms with van der Waals surface area (Å²) in [5.74, 6) is 1.07. The molecule has 1 aromatic heterocycles. The lowest BCUT2D eigenvalue weighted by Gasteiger charge is -2.43. The number of nitrogens with zero attached hydrogens (tertiary/aromatic N) is 3. The first kappa shape index (κ1) is 19.4. The maximum Gasteiger partial charge on any atom is 0.255 e. The molecule has 29 heavy (non-hydrogen) atoms. The number of fused-ring (bicyclic) bond motifs is 4. The van der Waals surface area contributed by atoms with Crippen LogP contribution in [0.2, 0.25) is 0 Å². The average Bonchev–Trinajstić information content (AvgIpc) is 3.24. The quantitative estimate of drug-likeness (QED) is 0.703. The second-order valence-electron chi connectivity index (χ2n) is 9.03. The molecule has 2 fully saturated rings. The molecule has 0 unspecified atom stereocenters. The van der Waals surface area contributed by atoms with Gasteiger partial charge in [-0.1, -0.05) is 18.2 Å². The van der Waals surface area contributed by atoms with Gasteiger partial charge in [0.2, 0.25) is 0 Å². The van der Waals surface area contributed by atoms with E-state index in [9.17, 15) is 4.79 Å². The summed E-state index contributed by atoms with van der Waals surface area (Å²) in [6.45, 7) is 7.16. The van der Waals surface area contributed by atoms with Gasteiger partial charge >= 0.3 is 0 Å². The summed E-state index contributed by atoms with van der Waals surface area (Å²) in [5.41, 5.74) is 3.92. The third kappa shape index (κ3) is 4.05. The molecule has 0 amide bonds. The zero-order valence-electron chi connectivity index (χ0n) is 17.3. The molecule has 0 spiro atoms. The molecule has 0 saturated carbocycles. The van der Waals surface area contributed by atoms with E-state index in [1.54, 1.807) is 11.8 Å². The molecule has 2 atom stereocenters. The van der Waals surface area contributed by atoms with Crippen molar-refractivity contribution >= 4 is 11.8 Å². The molecule has 2 aromatic rings. The van der Waals surface area contributed by atoms with E-state index in [0.29, 0.717) is 11.8 Å². The number of likely N-dealkylation sites (tertiary alicyclic amines) is 2. The van der Waals surface area contributed by atoms with Crippen molar-refractivity contribution in [2.24, 2.45) is 5.92 Å². The molecule has 4 heterocycles. The number of thioether (sulfide) groups is 1. The average molecular weight is 410 g/mol. The van der Waals surface area contributed by atoms with E-state index in [2.05, 4.69) is 57.0 Å². The smallest absolute Gasteiger partial charge is 0.255 e. The van der Waals surface area contributed by atoms with Crippen LogP contribution in [0.3, 0.4) is 0 Å². The van der Waals surface area contributed by atoms with Crippen LogP contribution in [0.25, 0.3) is 0 Å². The minimum absolute atomic E-state index is 0.269. The second kappa shape index (κ2) is 8.29. The molecule has 0 aliphatic carbocycles. The largest absolute Gasteiger partial charge is 0.312 e. The molecule has 0 radical (unpaired) electrons. The molecule has 5 rings (SSSR count). The molecule has 2 saturated heterocycles. The van der Waals surface area contributed by atoms with E-state index in [1.807, 2.05) is 0 Å². The fraction of sp³-hybridized carbons (Fsp3) is 0.542. The summed E-state index contributed by atoms with van der Waals surface area (Å²) < 4.78 is 2.12. The van der Waals surface area contributed by atoms with Gasteiger partial charge in [0, 0.05) is 54.8 Å². The molecule has 154 valence electrons. The summed E-state index contributed by atoms with van der Waals surface area (Å²) in [7, 11) is 0. The van der Waals surface area contributed by atoms with E-state index in [-0.39, 0.29) is 5.56 Å². The Kier molecular flexibility index (Phi) is 5.55. The van der Waals surface area contributed by atoms with Crippen molar-refractivity contribution in [1.29, 1.82) is 0 Å². The van der Waals surface area contributed by atoms with Crippen LogP contribution in [0.5, 0.6) is 0 Å².